The van der Waals surface area contributed by atoms with Gasteiger partial charge in [-0.25, -0.2) is 0 Å². The molecule has 2 aliphatic heterocycles. The molecule has 33 heavy (non-hydrogen) atoms. The summed E-state index contributed by atoms with van der Waals surface area (Å²) in [6, 6.07) is 9.06. The second-order valence-electron chi connectivity index (χ2n) is 7.67. The molecule has 3 heterocycles. The number of nitrogens with zero attached hydrogens (tertiary/aromatic N) is 3. The van der Waals surface area contributed by atoms with Crippen LogP contribution in [-0.4, -0.2) is 73.3 Å². The lowest BCUT2D eigenvalue weighted by molar-refractivity contribution is -0.274. The highest BCUT2D eigenvalue weighted by molar-refractivity contribution is 6.30. The van der Waals surface area contributed by atoms with E-state index in [2.05, 4.69) is 24.8 Å². The number of ether oxygens (including phenoxy) is 4. The summed E-state index contributed by atoms with van der Waals surface area (Å²) in [4.78, 5) is 8.55. The highest BCUT2D eigenvalue weighted by Crippen LogP contribution is 2.27. The van der Waals surface area contributed by atoms with Gasteiger partial charge < -0.3 is 18.9 Å². The first-order chi connectivity index (χ1) is 15.8. The molecular formula is C21H24ClF3N4O4. The third-order valence-electron chi connectivity index (χ3n) is 5.26. The van der Waals surface area contributed by atoms with Crippen LogP contribution < -0.4 is 14.8 Å². The van der Waals surface area contributed by atoms with Gasteiger partial charge in [0.15, 0.2) is 6.35 Å². The van der Waals surface area contributed by atoms with Gasteiger partial charge >= 0.3 is 6.36 Å². The van der Waals surface area contributed by atoms with Crippen molar-refractivity contribution >= 4 is 11.6 Å². The molecule has 0 radical (unpaired) electrons. The van der Waals surface area contributed by atoms with Crippen LogP contribution in [0.25, 0.3) is 0 Å². The van der Waals surface area contributed by atoms with Crippen molar-refractivity contribution < 1.29 is 32.1 Å². The number of fused-ring (bicyclic) bond motifs is 1. The van der Waals surface area contributed by atoms with Crippen LogP contribution in [0.1, 0.15) is 5.69 Å². The highest BCUT2D eigenvalue weighted by atomic mass is 35.5. The van der Waals surface area contributed by atoms with E-state index >= 15 is 0 Å². The maximum atomic E-state index is 12.4. The lowest BCUT2D eigenvalue weighted by atomic mass is 10.2. The first kappa shape index (κ1) is 24.0. The minimum absolute atomic E-state index is 0.0353. The number of aromatic nitrogens is 1. The summed E-state index contributed by atoms with van der Waals surface area (Å²) in [6.45, 7) is 1.91. The van der Waals surface area contributed by atoms with Crippen LogP contribution in [0.5, 0.6) is 11.5 Å². The van der Waals surface area contributed by atoms with Gasteiger partial charge in [-0.2, -0.15) is 0 Å². The smallest absolute Gasteiger partial charge is 0.491 e. The highest BCUT2D eigenvalue weighted by Gasteiger charge is 2.45. The van der Waals surface area contributed by atoms with E-state index in [1.807, 2.05) is 13.1 Å². The summed E-state index contributed by atoms with van der Waals surface area (Å²) in [5, 5.41) is 4.01. The number of hydrogen-bond acceptors (Lipinski definition) is 8. The van der Waals surface area contributed by atoms with Crippen molar-refractivity contribution in [3.8, 4) is 11.5 Å². The summed E-state index contributed by atoms with van der Waals surface area (Å²) in [7, 11) is 1.96. The van der Waals surface area contributed by atoms with Gasteiger partial charge in [0.2, 0.25) is 0 Å². The van der Waals surface area contributed by atoms with Gasteiger partial charge in [-0.05, 0) is 31.3 Å². The number of halogens is 4. The van der Waals surface area contributed by atoms with Gasteiger partial charge in [-0.15, -0.1) is 13.2 Å². The Hall–Kier alpha value is -2.15. The van der Waals surface area contributed by atoms with E-state index in [0.29, 0.717) is 24.9 Å². The summed E-state index contributed by atoms with van der Waals surface area (Å²) in [6.07, 6.45) is -3.55. The Morgan fingerprint density at radius 2 is 2.03 bits per heavy atom. The van der Waals surface area contributed by atoms with E-state index in [0.717, 1.165) is 5.69 Å². The molecule has 1 aromatic carbocycles. The van der Waals surface area contributed by atoms with Crippen LogP contribution in [0.3, 0.4) is 0 Å². The first-order valence-corrected chi connectivity index (χ1v) is 10.7. The molecule has 2 fully saturated rings. The van der Waals surface area contributed by atoms with Crippen LogP contribution in [0.4, 0.5) is 13.2 Å². The molecule has 2 saturated heterocycles. The molecule has 3 atom stereocenters. The van der Waals surface area contributed by atoms with Crippen molar-refractivity contribution in [2.75, 3.05) is 33.6 Å². The normalized spacial score (nSPS) is 24.0. The third-order valence-corrected chi connectivity index (χ3v) is 5.49. The molecule has 0 bridgehead atoms. The van der Waals surface area contributed by atoms with E-state index in [1.54, 1.807) is 18.3 Å². The van der Waals surface area contributed by atoms with Crippen LogP contribution in [0.2, 0.25) is 5.02 Å². The Bertz CT molecular complexity index is 921. The molecule has 2 aliphatic rings. The van der Waals surface area contributed by atoms with E-state index in [1.165, 1.54) is 18.2 Å². The van der Waals surface area contributed by atoms with Crippen molar-refractivity contribution in [2.24, 2.45) is 0 Å². The van der Waals surface area contributed by atoms with Gasteiger partial charge in [-0.1, -0.05) is 17.7 Å². The fraction of sp³-hybridized carbons (Fsp3) is 0.476. The Balaban J connectivity index is 1.34. The van der Waals surface area contributed by atoms with Crippen molar-refractivity contribution in [3.05, 3.63) is 53.3 Å². The molecule has 0 amide bonds. The van der Waals surface area contributed by atoms with E-state index in [-0.39, 0.29) is 36.9 Å². The zero-order valence-corrected chi connectivity index (χ0v) is 18.6. The summed E-state index contributed by atoms with van der Waals surface area (Å²) >= 11 is 5.95. The van der Waals surface area contributed by atoms with E-state index in [9.17, 15) is 13.2 Å². The largest absolute Gasteiger partial charge is 0.573 e. The number of hydrogen-bond donors (Lipinski definition) is 1. The first-order valence-electron chi connectivity index (χ1n) is 10.3. The van der Waals surface area contributed by atoms with Gasteiger partial charge in [0.1, 0.15) is 24.8 Å². The van der Waals surface area contributed by atoms with E-state index in [4.69, 9.17) is 25.8 Å². The molecule has 8 nitrogen and oxygen atoms in total. The lowest BCUT2D eigenvalue weighted by Gasteiger charge is -2.36. The van der Waals surface area contributed by atoms with Gasteiger partial charge in [0.05, 0.1) is 36.1 Å². The number of likely N-dealkylation sites (N-methyl/N-ethyl adjacent to an activating group) is 1. The molecule has 180 valence electrons. The number of pyridine rings is 1. The fourth-order valence-corrected chi connectivity index (χ4v) is 3.94. The Morgan fingerprint density at radius 3 is 2.79 bits per heavy atom. The Kier molecular flexibility index (Phi) is 7.57. The monoisotopic (exact) mass is 488 g/mol. The second-order valence-corrected chi connectivity index (χ2v) is 8.11. The van der Waals surface area contributed by atoms with Crippen LogP contribution in [-0.2, 0) is 16.0 Å². The molecule has 2 aromatic rings. The molecule has 0 saturated carbocycles. The van der Waals surface area contributed by atoms with Crippen LogP contribution in [0, 0.1) is 0 Å². The van der Waals surface area contributed by atoms with Crippen molar-refractivity contribution in [3.63, 3.8) is 0 Å². The molecule has 12 heteroatoms. The fourth-order valence-electron chi connectivity index (χ4n) is 3.83. The summed E-state index contributed by atoms with van der Waals surface area (Å²) in [5.41, 5.74) is 0.835. The summed E-state index contributed by atoms with van der Waals surface area (Å²) < 4.78 is 58.4. The minimum atomic E-state index is -4.76. The average Bonchev–Trinajstić information content (AvgIpc) is 3.11. The zero-order chi connectivity index (χ0) is 23.4. The molecule has 1 aromatic heterocycles. The lowest BCUT2D eigenvalue weighted by Crippen LogP contribution is -2.54. The molecular weight excluding hydrogens is 465 g/mol. The van der Waals surface area contributed by atoms with Gasteiger partial charge in [-0.3, -0.25) is 20.1 Å². The maximum Gasteiger partial charge on any atom is 0.573 e. The Morgan fingerprint density at radius 1 is 1.21 bits per heavy atom. The van der Waals surface area contributed by atoms with E-state index < -0.39 is 12.7 Å². The topological polar surface area (TPSA) is 68.3 Å². The number of nitrogens with one attached hydrogen (secondary N) is 1. The van der Waals surface area contributed by atoms with Crippen LogP contribution >= 0.6 is 11.6 Å². The van der Waals surface area contributed by atoms with Crippen molar-refractivity contribution in [1.29, 1.82) is 0 Å². The SMILES string of the molecule is CN1COCC2C1NC(OCCOc1cccc(OC(F)(F)F)c1)N2Cc1ccc(Cl)cn1. The number of benzene rings is 1. The molecule has 0 aliphatic carbocycles. The van der Waals surface area contributed by atoms with Gasteiger partial charge in [0, 0.05) is 18.8 Å². The second kappa shape index (κ2) is 10.4. The maximum absolute atomic E-state index is 12.4. The minimum Gasteiger partial charge on any atom is -0.491 e. The quantitative estimate of drug-likeness (QED) is 0.569. The number of rotatable bonds is 8. The number of alkyl halides is 3. The van der Waals surface area contributed by atoms with Crippen LogP contribution in [0.15, 0.2) is 42.6 Å². The Labute approximate surface area is 194 Å². The predicted octanol–water partition coefficient (Wildman–Crippen LogP) is 3.03. The third kappa shape index (κ3) is 6.46. The van der Waals surface area contributed by atoms with Gasteiger partial charge in [0.25, 0.3) is 0 Å². The molecule has 4 rings (SSSR count). The predicted molar refractivity (Wildman–Crippen MR) is 112 cm³/mol. The standard InChI is InChI=1S/C21H24ClF3N4O4/c1-28-13-30-12-18-19(28)27-20(29(18)11-15-6-5-14(22)10-26-15)32-8-7-31-16-3-2-4-17(9-16)33-21(23,24)25/h2-6,9-10,18-20,27H,7-8,11-13H2,1H3. The van der Waals surface area contributed by atoms with Crippen molar-refractivity contribution in [2.45, 2.75) is 31.5 Å². The summed E-state index contributed by atoms with van der Waals surface area (Å²) in [5.74, 6) is -0.0871. The average molecular weight is 489 g/mol. The molecule has 0 spiro atoms. The van der Waals surface area contributed by atoms with Crippen molar-refractivity contribution in [1.82, 2.24) is 20.1 Å². The zero-order valence-electron chi connectivity index (χ0n) is 17.8. The molecule has 3 unspecified atom stereocenters. The molecule has 1 N–H and O–H groups in total.